The second kappa shape index (κ2) is 6.69. The van der Waals surface area contributed by atoms with Gasteiger partial charge in [-0.05, 0) is 31.2 Å². The van der Waals surface area contributed by atoms with Gasteiger partial charge in [0.1, 0.15) is 0 Å². The number of rotatable bonds is 5. The van der Waals surface area contributed by atoms with Crippen LogP contribution < -0.4 is 0 Å². The summed E-state index contributed by atoms with van der Waals surface area (Å²) in [4.78, 5) is 3.52. The summed E-state index contributed by atoms with van der Waals surface area (Å²) in [5.41, 5.74) is 1.37. The van der Waals surface area contributed by atoms with E-state index in [9.17, 15) is 0 Å². The Labute approximate surface area is 116 Å². The highest BCUT2D eigenvalue weighted by atomic mass is 32.1. The third kappa shape index (κ3) is 3.42. The number of benzene rings is 1. The average Bonchev–Trinajstić information content (AvgIpc) is 2.92. The molecular weight excluding hydrogens is 238 g/mol. The third-order valence-corrected chi connectivity index (χ3v) is 4.13. The van der Waals surface area contributed by atoms with Gasteiger partial charge in [-0.2, -0.15) is 0 Å². The molecule has 0 N–H and O–H groups in total. The molecule has 96 valence electrons. The first kappa shape index (κ1) is 13.3. The zero-order valence-electron chi connectivity index (χ0n) is 10.8. The molecule has 0 saturated carbocycles. The summed E-state index contributed by atoms with van der Waals surface area (Å²) in [6, 6.07) is 10.6. The van der Waals surface area contributed by atoms with Crippen LogP contribution in [0.1, 0.15) is 24.8 Å². The average molecular weight is 259 g/mol. The van der Waals surface area contributed by atoms with Crippen LogP contribution >= 0.6 is 12.2 Å². The number of allylic oxidation sites excluding steroid dienone is 1. The van der Waals surface area contributed by atoms with Gasteiger partial charge in [0.2, 0.25) is 0 Å². The zero-order valence-corrected chi connectivity index (χ0v) is 11.7. The lowest BCUT2D eigenvalue weighted by molar-refractivity contribution is 0.484. The molecule has 0 aromatic heterocycles. The standard InChI is InChI=1S/C16H21NS/c1-2-8-15(13-14-9-4-3-5-10-14)16(18)17-11-6-7-12-17/h2-5,9-10,15H,1,6-8,11-13H2. The highest BCUT2D eigenvalue weighted by Crippen LogP contribution is 2.20. The normalized spacial score (nSPS) is 16.6. The SMILES string of the molecule is C=CCC(Cc1ccccc1)C(=S)N1CCCC1. The summed E-state index contributed by atoms with van der Waals surface area (Å²) in [6.07, 6.45) is 6.57. The van der Waals surface area contributed by atoms with E-state index in [-0.39, 0.29) is 0 Å². The van der Waals surface area contributed by atoms with Gasteiger partial charge in [-0.25, -0.2) is 0 Å². The molecular formula is C16H21NS. The highest BCUT2D eigenvalue weighted by Gasteiger charge is 2.22. The molecule has 0 aliphatic carbocycles. The van der Waals surface area contributed by atoms with Crippen LogP contribution in [0.3, 0.4) is 0 Å². The van der Waals surface area contributed by atoms with Gasteiger partial charge < -0.3 is 4.90 Å². The first-order valence-electron chi connectivity index (χ1n) is 6.75. The minimum Gasteiger partial charge on any atom is -0.366 e. The smallest absolute Gasteiger partial charge is 0.0817 e. The fourth-order valence-electron chi connectivity index (χ4n) is 2.57. The molecule has 1 aromatic rings. The number of thiocarbonyl (C=S) groups is 1. The van der Waals surface area contributed by atoms with E-state index in [1.807, 2.05) is 6.08 Å². The van der Waals surface area contributed by atoms with Crippen LogP contribution in [0.25, 0.3) is 0 Å². The molecule has 0 spiro atoms. The van der Waals surface area contributed by atoms with Gasteiger partial charge in [-0.3, -0.25) is 0 Å². The third-order valence-electron chi connectivity index (χ3n) is 3.54. The second-order valence-electron chi connectivity index (χ2n) is 4.94. The predicted molar refractivity (Wildman–Crippen MR) is 81.9 cm³/mol. The van der Waals surface area contributed by atoms with E-state index in [2.05, 4.69) is 41.8 Å². The van der Waals surface area contributed by atoms with Crippen molar-refractivity contribution in [3.8, 4) is 0 Å². The van der Waals surface area contributed by atoms with Crippen molar-refractivity contribution in [3.63, 3.8) is 0 Å². The Morgan fingerprint density at radius 2 is 1.94 bits per heavy atom. The molecule has 0 bridgehead atoms. The molecule has 1 atom stereocenters. The van der Waals surface area contributed by atoms with Crippen LogP contribution in [-0.4, -0.2) is 23.0 Å². The van der Waals surface area contributed by atoms with Crippen molar-refractivity contribution in [1.82, 2.24) is 4.90 Å². The van der Waals surface area contributed by atoms with Crippen molar-refractivity contribution in [2.24, 2.45) is 5.92 Å². The summed E-state index contributed by atoms with van der Waals surface area (Å²) in [6.45, 7) is 6.15. The molecule has 0 radical (unpaired) electrons. The molecule has 1 saturated heterocycles. The number of hydrogen-bond acceptors (Lipinski definition) is 1. The molecule has 18 heavy (non-hydrogen) atoms. The lowest BCUT2D eigenvalue weighted by atomic mass is 9.95. The Balaban J connectivity index is 2.03. The molecule has 1 aliphatic rings. The summed E-state index contributed by atoms with van der Waals surface area (Å²) in [7, 11) is 0. The Bertz CT molecular complexity index is 393. The maximum atomic E-state index is 5.68. The Kier molecular flexibility index (Phi) is 4.94. The summed E-state index contributed by atoms with van der Waals surface area (Å²) < 4.78 is 0. The first-order chi connectivity index (χ1) is 8.81. The van der Waals surface area contributed by atoms with Gasteiger partial charge in [0.05, 0.1) is 4.99 Å². The molecule has 2 heteroatoms. The summed E-state index contributed by atoms with van der Waals surface area (Å²) >= 11 is 5.68. The minimum atomic E-state index is 0.429. The Morgan fingerprint density at radius 3 is 2.56 bits per heavy atom. The topological polar surface area (TPSA) is 3.24 Å². The zero-order chi connectivity index (χ0) is 12.8. The van der Waals surface area contributed by atoms with E-state index in [4.69, 9.17) is 12.2 Å². The lowest BCUT2D eigenvalue weighted by Gasteiger charge is -2.25. The molecule has 1 unspecified atom stereocenters. The maximum absolute atomic E-state index is 5.68. The van der Waals surface area contributed by atoms with E-state index in [0.29, 0.717) is 5.92 Å². The fraction of sp³-hybridized carbons (Fsp3) is 0.438. The van der Waals surface area contributed by atoms with Crippen LogP contribution in [0.4, 0.5) is 0 Å². The van der Waals surface area contributed by atoms with Crippen molar-refractivity contribution in [2.75, 3.05) is 13.1 Å². The first-order valence-corrected chi connectivity index (χ1v) is 7.15. The Morgan fingerprint density at radius 1 is 1.28 bits per heavy atom. The van der Waals surface area contributed by atoms with Gasteiger partial charge in [-0.1, -0.05) is 48.6 Å². The summed E-state index contributed by atoms with van der Waals surface area (Å²) in [5, 5.41) is 0. The van der Waals surface area contributed by atoms with Crippen LogP contribution in [0.15, 0.2) is 43.0 Å². The maximum Gasteiger partial charge on any atom is 0.0817 e. The number of nitrogens with zero attached hydrogens (tertiary/aromatic N) is 1. The van der Waals surface area contributed by atoms with Crippen LogP contribution in [0.5, 0.6) is 0 Å². The molecule has 1 fully saturated rings. The van der Waals surface area contributed by atoms with Crippen LogP contribution in [0, 0.1) is 5.92 Å². The van der Waals surface area contributed by atoms with E-state index in [1.165, 1.54) is 18.4 Å². The lowest BCUT2D eigenvalue weighted by Crippen LogP contribution is -2.33. The van der Waals surface area contributed by atoms with Gasteiger partial charge in [0, 0.05) is 19.0 Å². The fourth-order valence-corrected chi connectivity index (χ4v) is 2.93. The largest absolute Gasteiger partial charge is 0.366 e. The van der Waals surface area contributed by atoms with Gasteiger partial charge in [0.15, 0.2) is 0 Å². The highest BCUT2D eigenvalue weighted by molar-refractivity contribution is 7.80. The Hall–Kier alpha value is -1.15. The quantitative estimate of drug-likeness (QED) is 0.584. The molecule has 0 amide bonds. The molecule has 1 aliphatic heterocycles. The predicted octanol–water partition coefficient (Wildman–Crippen LogP) is 3.84. The van der Waals surface area contributed by atoms with E-state index < -0.39 is 0 Å². The second-order valence-corrected chi connectivity index (χ2v) is 5.36. The van der Waals surface area contributed by atoms with Crippen molar-refractivity contribution in [2.45, 2.75) is 25.7 Å². The van der Waals surface area contributed by atoms with Crippen molar-refractivity contribution in [3.05, 3.63) is 48.6 Å². The van der Waals surface area contributed by atoms with Gasteiger partial charge >= 0.3 is 0 Å². The van der Waals surface area contributed by atoms with Crippen molar-refractivity contribution < 1.29 is 0 Å². The molecule has 2 rings (SSSR count). The molecule has 1 nitrogen and oxygen atoms in total. The number of likely N-dealkylation sites (tertiary alicyclic amines) is 1. The van der Waals surface area contributed by atoms with E-state index in [0.717, 1.165) is 30.9 Å². The minimum absolute atomic E-state index is 0.429. The summed E-state index contributed by atoms with van der Waals surface area (Å²) in [5.74, 6) is 0.429. The van der Waals surface area contributed by atoms with Gasteiger partial charge in [0.25, 0.3) is 0 Å². The van der Waals surface area contributed by atoms with Crippen molar-refractivity contribution in [1.29, 1.82) is 0 Å². The number of hydrogen-bond donors (Lipinski definition) is 0. The monoisotopic (exact) mass is 259 g/mol. The molecule has 1 heterocycles. The van der Waals surface area contributed by atoms with Crippen LogP contribution in [0.2, 0.25) is 0 Å². The van der Waals surface area contributed by atoms with Crippen LogP contribution in [-0.2, 0) is 6.42 Å². The molecule has 1 aromatic carbocycles. The van der Waals surface area contributed by atoms with E-state index in [1.54, 1.807) is 0 Å². The van der Waals surface area contributed by atoms with E-state index >= 15 is 0 Å². The van der Waals surface area contributed by atoms with Gasteiger partial charge in [-0.15, -0.1) is 6.58 Å². The van der Waals surface area contributed by atoms with Crippen molar-refractivity contribution >= 4 is 17.2 Å².